The van der Waals surface area contributed by atoms with Gasteiger partial charge in [0.1, 0.15) is 0 Å². The fourth-order valence-electron chi connectivity index (χ4n) is 4.93. The normalized spacial score (nSPS) is 20.5. The minimum absolute atomic E-state index is 0.130. The highest BCUT2D eigenvalue weighted by Crippen LogP contribution is 2.35. The number of aryl methyl sites for hydroxylation is 1. The van der Waals surface area contributed by atoms with Crippen molar-refractivity contribution >= 4 is 29.2 Å². The molecule has 2 N–H and O–H groups in total. The summed E-state index contributed by atoms with van der Waals surface area (Å²) >= 11 is 0. The molecule has 7 nitrogen and oxygen atoms in total. The Labute approximate surface area is 206 Å². The van der Waals surface area contributed by atoms with Crippen molar-refractivity contribution in [3.63, 3.8) is 0 Å². The van der Waals surface area contributed by atoms with Crippen LogP contribution in [0.1, 0.15) is 42.6 Å². The van der Waals surface area contributed by atoms with Gasteiger partial charge in [-0.25, -0.2) is 0 Å². The number of carboxylic acid groups (broad SMARTS) is 1. The van der Waals surface area contributed by atoms with E-state index in [2.05, 4.69) is 41.4 Å². The van der Waals surface area contributed by atoms with E-state index in [1.165, 1.54) is 5.56 Å². The lowest BCUT2D eigenvalue weighted by Crippen LogP contribution is -2.49. The van der Waals surface area contributed by atoms with Crippen LogP contribution in [0.2, 0.25) is 0 Å². The average molecular weight is 476 g/mol. The molecule has 0 spiro atoms. The SMILES string of the molecule is CC1=C(C)C[C@@H](C(=O)O)[C@@H](C(=O)Nc2ccccc2C(=O)N2CCN(c3ccc(C)cc3)CC2)C1. The van der Waals surface area contributed by atoms with Crippen LogP contribution in [0, 0.1) is 18.8 Å². The van der Waals surface area contributed by atoms with Crippen molar-refractivity contribution < 1.29 is 19.5 Å². The summed E-state index contributed by atoms with van der Waals surface area (Å²) < 4.78 is 0. The predicted octanol–water partition coefficient (Wildman–Crippen LogP) is 4.34. The molecule has 2 aromatic rings. The molecule has 1 saturated heterocycles. The van der Waals surface area contributed by atoms with E-state index >= 15 is 0 Å². The number of hydrogen-bond acceptors (Lipinski definition) is 4. The summed E-state index contributed by atoms with van der Waals surface area (Å²) in [5.74, 6) is -2.88. The van der Waals surface area contributed by atoms with Crippen LogP contribution in [0.4, 0.5) is 11.4 Å². The Hall–Kier alpha value is -3.61. The molecule has 7 heteroatoms. The maximum atomic E-state index is 13.4. The Bertz CT molecular complexity index is 1150. The average Bonchev–Trinajstić information content (AvgIpc) is 2.85. The maximum absolute atomic E-state index is 13.4. The van der Waals surface area contributed by atoms with Crippen LogP contribution in [0.3, 0.4) is 0 Å². The molecule has 184 valence electrons. The molecule has 1 aliphatic heterocycles. The minimum Gasteiger partial charge on any atom is -0.481 e. The summed E-state index contributed by atoms with van der Waals surface area (Å²) in [7, 11) is 0. The second-order valence-electron chi connectivity index (χ2n) is 9.67. The molecular weight excluding hydrogens is 442 g/mol. The second-order valence-corrected chi connectivity index (χ2v) is 9.67. The van der Waals surface area contributed by atoms with Crippen molar-refractivity contribution in [2.24, 2.45) is 11.8 Å². The van der Waals surface area contributed by atoms with Gasteiger partial charge in [0.15, 0.2) is 0 Å². The van der Waals surface area contributed by atoms with E-state index in [-0.39, 0.29) is 11.8 Å². The molecule has 1 heterocycles. The third-order valence-corrected chi connectivity index (χ3v) is 7.30. The molecule has 2 aromatic carbocycles. The zero-order chi connectivity index (χ0) is 25.1. The van der Waals surface area contributed by atoms with E-state index in [9.17, 15) is 19.5 Å². The molecule has 0 aromatic heterocycles. The molecule has 0 radical (unpaired) electrons. The van der Waals surface area contributed by atoms with Gasteiger partial charge < -0.3 is 20.2 Å². The number of carboxylic acids is 1. The number of rotatable bonds is 5. The first-order chi connectivity index (χ1) is 16.7. The predicted molar refractivity (Wildman–Crippen MR) is 137 cm³/mol. The number of amides is 2. The van der Waals surface area contributed by atoms with Gasteiger partial charge in [-0.1, -0.05) is 41.0 Å². The first-order valence-electron chi connectivity index (χ1n) is 12.1. The van der Waals surface area contributed by atoms with Gasteiger partial charge in [0.25, 0.3) is 5.91 Å². The third kappa shape index (κ3) is 5.39. The molecule has 0 saturated carbocycles. The minimum atomic E-state index is -0.965. The standard InChI is InChI=1S/C28H33N3O4/c1-18-8-10-21(11-9-18)30-12-14-31(15-13-30)27(33)22-6-4-5-7-25(22)29-26(32)23-16-19(2)20(3)17-24(23)28(34)35/h4-11,23-24H,12-17H2,1-3H3,(H,29,32)(H,34,35)/t23-,24+/m0/s1. The van der Waals surface area contributed by atoms with Crippen molar-refractivity contribution in [2.45, 2.75) is 33.6 Å². The Morgan fingerprint density at radius 3 is 2.06 bits per heavy atom. The summed E-state index contributed by atoms with van der Waals surface area (Å²) in [5.41, 5.74) is 5.30. The molecule has 2 amide bonds. The third-order valence-electron chi connectivity index (χ3n) is 7.30. The highest BCUT2D eigenvalue weighted by Gasteiger charge is 2.37. The number of benzene rings is 2. The van der Waals surface area contributed by atoms with Crippen LogP contribution in [0.25, 0.3) is 0 Å². The van der Waals surface area contributed by atoms with Crippen LogP contribution in [-0.2, 0) is 9.59 Å². The lowest BCUT2D eigenvalue weighted by Gasteiger charge is -2.36. The lowest BCUT2D eigenvalue weighted by molar-refractivity contribution is -0.146. The quantitative estimate of drug-likeness (QED) is 0.628. The largest absolute Gasteiger partial charge is 0.481 e. The van der Waals surface area contributed by atoms with Gasteiger partial charge in [0, 0.05) is 31.9 Å². The number of hydrogen-bond donors (Lipinski definition) is 2. The topological polar surface area (TPSA) is 89.9 Å². The molecule has 1 aliphatic carbocycles. The molecule has 1 fully saturated rings. The number of aliphatic carboxylic acids is 1. The molecule has 2 atom stereocenters. The molecule has 4 rings (SSSR count). The number of nitrogens with one attached hydrogen (secondary N) is 1. The fourth-order valence-corrected chi connectivity index (χ4v) is 4.93. The number of anilines is 2. The highest BCUT2D eigenvalue weighted by molar-refractivity contribution is 6.05. The molecule has 0 unspecified atom stereocenters. The lowest BCUT2D eigenvalue weighted by atomic mass is 9.76. The van der Waals surface area contributed by atoms with E-state index < -0.39 is 17.8 Å². The van der Waals surface area contributed by atoms with Gasteiger partial charge in [-0.3, -0.25) is 14.4 Å². The number of allylic oxidation sites excluding steroid dienone is 2. The van der Waals surface area contributed by atoms with Gasteiger partial charge in [-0.2, -0.15) is 0 Å². The Balaban J connectivity index is 1.45. The van der Waals surface area contributed by atoms with E-state index in [1.54, 1.807) is 24.3 Å². The highest BCUT2D eigenvalue weighted by atomic mass is 16.4. The number of carbonyl (C=O) groups is 3. The summed E-state index contributed by atoms with van der Waals surface area (Å²) in [4.78, 5) is 42.5. The summed E-state index contributed by atoms with van der Waals surface area (Å²) in [5, 5.41) is 12.6. The van der Waals surface area contributed by atoms with Crippen LogP contribution in [0.15, 0.2) is 59.7 Å². The zero-order valence-electron chi connectivity index (χ0n) is 20.6. The maximum Gasteiger partial charge on any atom is 0.307 e. The van der Waals surface area contributed by atoms with Gasteiger partial charge >= 0.3 is 5.97 Å². The number of carbonyl (C=O) groups excluding carboxylic acids is 2. The van der Waals surface area contributed by atoms with Crippen molar-refractivity contribution in [3.05, 3.63) is 70.8 Å². The summed E-state index contributed by atoms with van der Waals surface area (Å²) in [6.07, 6.45) is 0.775. The molecule has 0 bridgehead atoms. The first kappa shape index (κ1) is 24.5. The summed E-state index contributed by atoms with van der Waals surface area (Å²) in [6.45, 7) is 8.57. The monoisotopic (exact) mass is 475 g/mol. The number of nitrogens with zero attached hydrogens (tertiary/aromatic N) is 2. The molecule has 2 aliphatic rings. The van der Waals surface area contributed by atoms with Crippen LogP contribution >= 0.6 is 0 Å². The van der Waals surface area contributed by atoms with Crippen LogP contribution in [-0.4, -0.2) is 54.0 Å². The van der Waals surface area contributed by atoms with E-state index in [1.807, 2.05) is 18.7 Å². The van der Waals surface area contributed by atoms with Crippen LogP contribution < -0.4 is 10.2 Å². The fraction of sp³-hybridized carbons (Fsp3) is 0.393. The van der Waals surface area contributed by atoms with Gasteiger partial charge in [-0.05, 0) is 57.9 Å². The molecular formula is C28H33N3O4. The molecule has 35 heavy (non-hydrogen) atoms. The van der Waals surface area contributed by atoms with Gasteiger partial charge in [-0.15, -0.1) is 0 Å². The van der Waals surface area contributed by atoms with E-state index in [0.29, 0.717) is 37.2 Å². The van der Waals surface area contributed by atoms with Crippen LogP contribution in [0.5, 0.6) is 0 Å². The Kier molecular flexibility index (Phi) is 7.24. The second kappa shape index (κ2) is 10.3. The van der Waals surface area contributed by atoms with E-state index in [4.69, 9.17) is 0 Å². The van der Waals surface area contributed by atoms with Gasteiger partial charge in [0.2, 0.25) is 5.91 Å². The summed E-state index contributed by atoms with van der Waals surface area (Å²) in [6, 6.07) is 15.4. The Morgan fingerprint density at radius 2 is 1.43 bits per heavy atom. The van der Waals surface area contributed by atoms with Crippen molar-refractivity contribution in [3.8, 4) is 0 Å². The Morgan fingerprint density at radius 1 is 0.829 bits per heavy atom. The number of para-hydroxylation sites is 1. The number of piperazine rings is 1. The van der Waals surface area contributed by atoms with Crippen molar-refractivity contribution in [1.29, 1.82) is 0 Å². The van der Waals surface area contributed by atoms with Crippen molar-refractivity contribution in [1.82, 2.24) is 4.90 Å². The van der Waals surface area contributed by atoms with E-state index in [0.717, 1.165) is 29.9 Å². The van der Waals surface area contributed by atoms with Crippen molar-refractivity contribution in [2.75, 3.05) is 36.4 Å². The smallest absolute Gasteiger partial charge is 0.307 e. The zero-order valence-corrected chi connectivity index (χ0v) is 20.6. The first-order valence-corrected chi connectivity index (χ1v) is 12.1. The van der Waals surface area contributed by atoms with Gasteiger partial charge in [0.05, 0.1) is 23.1 Å².